The molecule has 0 amide bonds. The fourth-order valence-electron chi connectivity index (χ4n) is 1.29. The largest absolute Gasteiger partial charge is 0.492 e. The molecule has 0 spiro atoms. The van der Waals surface area contributed by atoms with E-state index < -0.39 is 0 Å². The Morgan fingerprint density at radius 2 is 2.23 bits per heavy atom. The van der Waals surface area contributed by atoms with Gasteiger partial charge in [0.15, 0.2) is 5.78 Å². The third-order valence-corrected chi connectivity index (χ3v) is 2.31. The van der Waals surface area contributed by atoms with Crippen molar-refractivity contribution in [2.75, 3.05) is 12.3 Å². The summed E-state index contributed by atoms with van der Waals surface area (Å²) in [4.78, 5) is 11.4. The molecule has 0 saturated carbocycles. The van der Waals surface area contributed by atoms with Crippen molar-refractivity contribution in [3.05, 3.63) is 22.7 Å². The summed E-state index contributed by atoms with van der Waals surface area (Å²) >= 11 is 5.78. The van der Waals surface area contributed by atoms with E-state index in [4.69, 9.17) is 22.1 Å². The topological polar surface area (TPSA) is 52.3 Å². The molecule has 0 atom stereocenters. The highest BCUT2D eigenvalue weighted by molar-refractivity contribution is 6.33. The summed E-state index contributed by atoms with van der Waals surface area (Å²) in [6.07, 6.45) is 0.410. The normalized spacial score (nSPS) is 15.0. The van der Waals surface area contributed by atoms with Crippen molar-refractivity contribution in [1.29, 1.82) is 0 Å². The fourth-order valence-corrected chi connectivity index (χ4v) is 1.46. The molecular weight excluding hydrogens is 190 g/mol. The lowest BCUT2D eigenvalue weighted by atomic mass is 10.0. The number of nitrogen functional groups attached to an aromatic ring is 1. The van der Waals surface area contributed by atoms with Gasteiger partial charge in [0, 0.05) is 12.5 Å². The van der Waals surface area contributed by atoms with Crippen LogP contribution in [-0.2, 0) is 0 Å². The first-order chi connectivity index (χ1) is 6.18. The molecule has 1 aliphatic heterocycles. The number of Topliss-reactive ketones (excluding diaryl/α,β-unsaturated/α-hetero) is 1. The first-order valence-corrected chi connectivity index (χ1v) is 4.31. The van der Waals surface area contributed by atoms with E-state index in [1.165, 1.54) is 0 Å². The minimum absolute atomic E-state index is 0.0585. The Balaban J connectivity index is 2.58. The molecule has 0 aliphatic carbocycles. The first kappa shape index (κ1) is 8.38. The summed E-state index contributed by atoms with van der Waals surface area (Å²) in [6, 6.07) is 3.16. The molecule has 13 heavy (non-hydrogen) atoms. The lowest BCUT2D eigenvalue weighted by Crippen LogP contribution is -2.15. The Morgan fingerprint density at radius 1 is 1.46 bits per heavy atom. The van der Waals surface area contributed by atoms with E-state index in [9.17, 15) is 4.79 Å². The molecule has 0 radical (unpaired) electrons. The van der Waals surface area contributed by atoms with E-state index in [-0.39, 0.29) is 5.78 Å². The highest BCUT2D eigenvalue weighted by atomic mass is 35.5. The van der Waals surface area contributed by atoms with Crippen LogP contribution in [0.5, 0.6) is 5.75 Å². The fraction of sp³-hybridized carbons (Fsp3) is 0.222. The molecule has 1 heterocycles. The summed E-state index contributed by atoms with van der Waals surface area (Å²) in [6.45, 7) is 0.424. The van der Waals surface area contributed by atoms with E-state index in [0.717, 1.165) is 0 Å². The number of ketones is 1. The third kappa shape index (κ3) is 1.35. The van der Waals surface area contributed by atoms with Gasteiger partial charge in [-0.05, 0) is 6.07 Å². The van der Waals surface area contributed by atoms with Crippen LogP contribution in [0.4, 0.5) is 5.69 Å². The molecule has 1 aromatic rings. The van der Waals surface area contributed by atoms with Crippen LogP contribution in [0.2, 0.25) is 5.02 Å². The standard InChI is InChI=1S/C9H8ClNO2/c10-6-3-5-8(12)1-2-13-9(5)4-7(6)11/h3-4H,1-2,11H2. The summed E-state index contributed by atoms with van der Waals surface area (Å²) in [5.41, 5.74) is 6.54. The van der Waals surface area contributed by atoms with Gasteiger partial charge in [-0.25, -0.2) is 0 Å². The van der Waals surface area contributed by atoms with Crippen LogP contribution in [0, 0.1) is 0 Å². The number of anilines is 1. The van der Waals surface area contributed by atoms with Gasteiger partial charge >= 0.3 is 0 Å². The molecule has 4 heteroatoms. The molecule has 2 rings (SSSR count). The van der Waals surface area contributed by atoms with Gasteiger partial charge in [-0.2, -0.15) is 0 Å². The molecule has 0 saturated heterocycles. The second-order valence-electron chi connectivity index (χ2n) is 2.89. The molecular formula is C9H8ClNO2. The summed E-state index contributed by atoms with van der Waals surface area (Å²) in [7, 11) is 0. The number of benzene rings is 1. The van der Waals surface area contributed by atoms with E-state index >= 15 is 0 Å². The minimum Gasteiger partial charge on any atom is -0.492 e. The highest BCUT2D eigenvalue weighted by Crippen LogP contribution is 2.31. The maximum absolute atomic E-state index is 11.4. The Kier molecular flexibility index (Phi) is 1.88. The SMILES string of the molecule is Nc1cc2c(cc1Cl)C(=O)CCO2. The number of hydrogen-bond donors (Lipinski definition) is 1. The Hall–Kier alpha value is -1.22. The van der Waals surface area contributed by atoms with Crippen LogP contribution in [0.15, 0.2) is 12.1 Å². The zero-order chi connectivity index (χ0) is 9.42. The maximum atomic E-state index is 11.4. The van der Waals surface area contributed by atoms with Crippen LogP contribution in [0.25, 0.3) is 0 Å². The van der Waals surface area contributed by atoms with Crippen molar-refractivity contribution in [3.63, 3.8) is 0 Å². The summed E-state index contributed by atoms with van der Waals surface area (Å²) < 4.78 is 5.27. The van der Waals surface area contributed by atoms with E-state index in [1.54, 1.807) is 12.1 Å². The average molecular weight is 198 g/mol. The van der Waals surface area contributed by atoms with Crippen LogP contribution < -0.4 is 10.5 Å². The Bertz CT molecular complexity index is 376. The zero-order valence-corrected chi connectivity index (χ0v) is 7.60. The number of carbonyl (C=O) groups excluding carboxylic acids is 1. The molecule has 1 aliphatic rings. The molecule has 0 unspecified atom stereocenters. The molecule has 0 bridgehead atoms. The predicted molar refractivity (Wildman–Crippen MR) is 50.3 cm³/mol. The van der Waals surface area contributed by atoms with Crippen molar-refractivity contribution in [1.82, 2.24) is 0 Å². The van der Waals surface area contributed by atoms with Gasteiger partial charge in [0.05, 0.1) is 22.9 Å². The van der Waals surface area contributed by atoms with Crippen molar-refractivity contribution in [2.45, 2.75) is 6.42 Å². The Labute approximate surface area is 80.4 Å². The van der Waals surface area contributed by atoms with Gasteiger partial charge in [0.1, 0.15) is 5.75 Å². The van der Waals surface area contributed by atoms with Gasteiger partial charge in [-0.3, -0.25) is 4.79 Å². The molecule has 2 N–H and O–H groups in total. The van der Waals surface area contributed by atoms with Crippen molar-refractivity contribution >= 4 is 23.1 Å². The van der Waals surface area contributed by atoms with Gasteiger partial charge in [-0.1, -0.05) is 11.6 Å². The van der Waals surface area contributed by atoms with Gasteiger partial charge in [0.25, 0.3) is 0 Å². The second-order valence-corrected chi connectivity index (χ2v) is 3.30. The predicted octanol–water partition coefficient (Wildman–Crippen LogP) is 1.89. The maximum Gasteiger partial charge on any atom is 0.170 e. The highest BCUT2D eigenvalue weighted by Gasteiger charge is 2.19. The average Bonchev–Trinajstić information content (AvgIpc) is 2.09. The first-order valence-electron chi connectivity index (χ1n) is 3.93. The number of hydrogen-bond acceptors (Lipinski definition) is 3. The second kappa shape index (κ2) is 2.92. The minimum atomic E-state index is 0.0585. The number of nitrogens with two attached hydrogens (primary N) is 1. The van der Waals surface area contributed by atoms with Gasteiger partial charge in [-0.15, -0.1) is 0 Å². The molecule has 0 aromatic heterocycles. The van der Waals surface area contributed by atoms with E-state index in [2.05, 4.69) is 0 Å². The molecule has 0 fully saturated rings. The monoisotopic (exact) mass is 197 g/mol. The van der Waals surface area contributed by atoms with Crippen molar-refractivity contribution < 1.29 is 9.53 Å². The van der Waals surface area contributed by atoms with Crippen molar-refractivity contribution in [3.8, 4) is 5.75 Å². The molecule has 3 nitrogen and oxygen atoms in total. The Morgan fingerprint density at radius 3 is 3.00 bits per heavy atom. The number of rotatable bonds is 0. The van der Waals surface area contributed by atoms with Gasteiger partial charge in [0.2, 0.25) is 0 Å². The molecule has 68 valence electrons. The smallest absolute Gasteiger partial charge is 0.170 e. The number of ether oxygens (including phenoxy) is 1. The van der Waals surface area contributed by atoms with Crippen LogP contribution in [-0.4, -0.2) is 12.4 Å². The third-order valence-electron chi connectivity index (χ3n) is 1.99. The lowest BCUT2D eigenvalue weighted by Gasteiger charge is -2.16. The van der Waals surface area contributed by atoms with Crippen LogP contribution in [0.1, 0.15) is 16.8 Å². The van der Waals surface area contributed by atoms with Crippen molar-refractivity contribution in [2.24, 2.45) is 0 Å². The number of carbonyl (C=O) groups is 1. The summed E-state index contributed by atoms with van der Waals surface area (Å²) in [5.74, 6) is 0.598. The van der Waals surface area contributed by atoms with Crippen LogP contribution in [0.3, 0.4) is 0 Å². The molecule has 1 aromatic carbocycles. The quantitative estimate of drug-likeness (QED) is 0.647. The zero-order valence-electron chi connectivity index (χ0n) is 6.84. The number of fused-ring (bicyclic) bond motifs is 1. The lowest BCUT2D eigenvalue weighted by molar-refractivity contribution is 0.0933. The van der Waals surface area contributed by atoms with E-state index in [0.29, 0.717) is 35.1 Å². The van der Waals surface area contributed by atoms with Crippen LogP contribution >= 0.6 is 11.6 Å². The number of halogens is 1. The van der Waals surface area contributed by atoms with Gasteiger partial charge < -0.3 is 10.5 Å². The van der Waals surface area contributed by atoms with E-state index in [1.807, 2.05) is 0 Å². The summed E-state index contributed by atoms with van der Waals surface area (Å²) in [5, 5.41) is 0.401.